The van der Waals surface area contributed by atoms with Crippen LogP contribution in [-0.2, 0) is 27.2 Å². The molecule has 136 valence electrons. The first-order valence-electron chi connectivity index (χ1n) is 8.49. The highest BCUT2D eigenvalue weighted by Gasteiger charge is 2.21. The van der Waals surface area contributed by atoms with Crippen molar-refractivity contribution in [1.29, 1.82) is 0 Å². The summed E-state index contributed by atoms with van der Waals surface area (Å²) < 4.78 is 5.08. The number of hydrogen-bond acceptors (Lipinski definition) is 3. The lowest BCUT2D eigenvalue weighted by molar-refractivity contribution is -0.148. The van der Waals surface area contributed by atoms with E-state index in [1.54, 1.807) is 18.2 Å². The van der Waals surface area contributed by atoms with Gasteiger partial charge in [-0.3, -0.25) is 9.59 Å². The van der Waals surface area contributed by atoms with Crippen LogP contribution in [-0.4, -0.2) is 18.5 Å². The first-order chi connectivity index (χ1) is 12.5. The smallest absolute Gasteiger partial charge is 0.310 e. The van der Waals surface area contributed by atoms with E-state index in [1.807, 2.05) is 18.2 Å². The molecule has 2 aromatic rings. The molecule has 0 aromatic heterocycles. The first-order valence-corrected chi connectivity index (χ1v) is 9.25. The normalized spacial score (nSPS) is 15.8. The number of ether oxygens (including phenoxy) is 1. The Hall–Kier alpha value is -2.04. The number of benzene rings is 2. The maximum Gasteiger partial charge on any atom is 0.310 e. The van der Waals surface area contributed by atoms with Gasteiger partial charge in [0.15, 0.2) is 6.61 Å². The van der Waals surface area contributed by atoms with E-state index >= 15 is 0 Å². The molecule has 0 fully saturated rings. The molecule has 0 aliphatic heterocycles. The van der Waals surface area contributed by atoms with Crippen molar-refractivity contribution < 1.29 is 14.3 Å². The van der Waals surface area contributed by atoms with Crippen LogP contribution in [0.15, 0.2) is 42.5 Å². The number of aryl methyl sites for hydroxylation is 1. The minimum Gasteiger partial charge on any atom is -0.455 e. The van der Waals surface area contributed by atoms with Gasteiger partial charge in [-0.05, 0) is 48.1 Å². The van der Waals surface area contributed by atoms with Crippen molar-refractivity contribution in [3.8, 4) is 0 Å². The number of fused-ring (bicyclic) bond motifs is 1. The van der Waals surface area contributed by atoms with E-state index in [4.69, 9.17) is 27.9 Å². The fraction of sp³-hybridized carbons (Fsp3) is 0.300. The van der Waals surface area contributed by atoms with E-state index in [-0.39, 0.29) is 25.0 Å². The molecule has 0 saturated heterocycles. The summed E-state index contributed by atoms with van der Waals surface area (Å²) in [7, 11) is 0. The van der Waals surface area contributed by atoms with Crippen LogP contribution in [0, 0.1) is 0 Å². The predicted molar refractivity (Wildman–Crippen MR) is 101 cm³/mol. The molecule has 1 N–H and O–H groups in total. The molecule has 1 atom stereocenters. The third-order valence-corrected chi connectivity index (χ3v) is 5.01. The van der Waals surface area contributed by atoms with Gasteiger partial charge in [0.2, 0.25) is 0 Å². The fourth-order valence-corrected chi connectivity index (χ4v) is 3.63. The summed E-state index contributed by atoms with van der Waals surface area (Å²) in [5.41, 5.74) is 3.02. The van der Waals surface area contributed by atoms with E-state index < -0.39 is 5.97 Å². The van der Waals surface area contributed by atoms with Crippen LogP contribution in [0.2, 0.25) is 10.0 Å². The third kappa shape index (κ3) is 4.77. The van der Waals surface area contributed by atoms with Crippen molar-refractivity contribution in [3.05, 3.63) is 69.2 Å². The van der Waals surface area contributed by atoms with Gasteiger partial charge >= 0.3 is 5.97 Å². The number of carbonyl (C=O) groups is 2. The van der Waals surface area contributed by atoms with Crippen LogP contribution in [0.5, 0.6) is 0 Å². The summed E-state index contributed by atoms with van der Waals surface area (Å²) in [6.07, 6.45) is 2.93. The summed E-state index contributed by atoms with van der Waals surface area (Å²) >= 11 is 11.9. The number of carbonyl (C=O) groups excluding carboxylic acids is 2. The molecule has 0 radical (unpaired) electrons. The van der Waals surface area contributed by atoms with Crippen LogP contribution >= 0.6 is 23.2 Å². The molecule has 1 aliphatic rings. The number of rotatable bonds is 5. The topological polar surface area (TPSA) is 55.4 Å². The maximum absolute atomic E-state index is 12.2. The van der Waals surface area contributed by atoms with Gasteiger partial charge in [-0.1, -0.05) is 53.5 Å². The van der Waals surface area contributed by atoms with Crippen LogP contribution < -0.4 is 5.32 Å². The molecule has 6 heteroatoms. The predicted octanol–water partition coefficient (Wildman–Crippen LogP) is 4.27. The SMILES string of the molecule is O=C(COC(=O)Cc1ccc(Cl)cc1Cl)N[C@@H]1CCCc2ccccc21. The van der Waals surface area contributed by atoms with Crippen molar-refractivity contribution in [1.82, 2.24) is 5.32 Å². The number of esters is 1. The Bertz CT molecular complexity index is 822. The third-order valence-electron chi connectivity index (χ3n) is 4.42. The second kappa shape index (κ2) is 8.56. The van der Waals surface area contributed by atoms with Crippen LogP contribution in [0.25, 0.3) is 0 Å². The molecule has 1 aliphatic carbocycles. The lowest BCUT2D eigenvalue weighted by atomic mass is 9.88. The summed E-state index contributed by atoms with van der Waals surface area (Å²) in [5.74, 6) is -0.810. The quantitative estimate of drug-likeness (QED) is 0.774. The van der Waals surface area contributed by atoms with E-state index in [0.29, 0.717) is 15.6 Å². The van der Waals surface area contributed by atoms with Crippen molar-refractivity contribution in [2.24, 2.45) is 0 Å². The van der Waals surface area contributed by atoms with E-state index in [2.05, 4.69) is 11.4 Å². The first kappa shape index (κ1) is 18.7. The van der Waals surface area contributed by atoms with Gasteiger partial charge in [-0.2, -0.15) is 0 Å². The van der Waals surface area contributed by atoms with Crippen LogP contribution in [0.4, 0.5) is 0 Å². The largest absolute Gasteiger partial charge is 0.455 e. The molecule has 2 aromatic carbocycles. The van der Waals surface area contributed by atoms with Gasteiger partial charge < -0.3 is 10.1 Å². The minimum absolute atomic E-state index is 0.00442. The van der Waals surface area contributed by atoms with Crippen LogP contribution in [0.1, 0.15) is 35.6 Å². The highest BCUT2D eigenvalue weighted by molar-refractivity contribution is 6.35. The molecule has 0 heterocycles. The molecular formula is C20H19Cl2NO3. The molecule has 3 rings (SSSR count). The van der Waals surface area contributed by atoms with Crippen molar-refractivity contribution in [2.45, 2.75) is 31.7 Å². The molecule has 0 spiro atoms. The summed E-state index contributed by atoms with van der Waals surface area (Å²) in [6, 6.07) is 13.0. The van der Waals surface area contributed by atoms with Crippen LogP contribution in [0.3, 0.4) is 0 Å². The Morgan fingerprint density at radius 1 is 1.15 bits per heavy atom. The molecule has 4 nitrogen and oxygen atoms in total. The van der Waals surface area contributed by atoms with E-state index in [1.165, 1.54) is 5.56 Å². The van der Waals surface area contributed by atoms with Crippen molar-refractivity contribution >= 4 is 35.1 Å². The van der Waals surface area contributed by atoms with Gasteiger partial charge in [-0.25, -0.2) is 0 Å². The second-order valence-corrected chi connectivity index (χ2v) is 7.13. The Morgan fingerprint density at radius 3 is 2.77 bits per heavy atom. The van der Waals surface area contributed by atoms with Gasteiger partial charge in [0, 0.05) is 10.0 Å². The van der Waals surface area contributed by atoms with E-state index in [0.717, 1.165) is 24.8 Å². The monoisotopic (exact) mass is 391 g/mol. The standard InChI is InChI=1S/C20H19Cl2NO3/c21-15-9-8-14(17(22)11-15)10-20(25)26-12-19(24)23-18-7-3-5-13-4-1-2-6-16(13)18/h1-2,4,6,8-9,11,18H,3,5,7,10,12H2,(H,23,24)/t18-/m1/s1. The van der Waals surface area contributed by atoms with E-state index in [9.17, 15) is 9.59 Å². The zero-order valence-electron chi connectivity index (χ0n) is 14.1. The van der Waals surface area contributed by atoms with Gasteiger partial charge in [0.1, 0.15) is 0 Å². The molecular weight excluding hydrogens is 373 g/mol. The average Bonchev–Trinajstić information content (AvgIpc) is 2.63. The van der Waals surface area contributed by atoms with Gasteiger partial charge in [0.25, 0.3) is 5.91 Å². The highest BCUT2D eigenvalue weighted by Crippen LogP contribution is 2.29. The number of nitrogens with one attached hydrogen (secondary N) is 1. The Balaban J connectivity index is 1.51. The number of amides is 1. The highest BCUT2D eigenvalue weighted by atomic mass is 35.5. The van der Waals surface area contributed by atoms with Crippen molar-refractivity contribution in [2.75, 3.05) is 6.61 Å². The summed E-state index contributed by atoms with van der Waals surface area (Å²) in [5, 5.41) is 3.85. The maximum atomic E-state index is 12.2. The molecule has 1 amide bonds. The number of halogens is 2. The van der Waals surface area contributed by atoms with Gasteiger partial charge in [-0.15, -0.1) is 0 Å². The molecule has 0 bridgehead atoms. The molecule has 0 unspecified atom stereocenters. The summed E-state index contributed by atoms with van der Waals surface area (Å²) in [4.78, 5) is 24.1. The lowest BCUT2D eigenvalue weighted by Crippen LogP contribution is -2.34. The second-order valence-electron chi connectivity index (χ2n) is 6.28. The average molecular weight is 392 g/mol. The van der Waals surface area contributed by atoms with Crippen molar-refractivity contribution in [3.63, 3.8) is 0 Å². The zero-order chi connectivity index (χ0) is 18.5. The minimum atomic E-state index is -0.506. The summed E-state index contributed by atoms with van der Waals surface area (Å²) in [6.45, 7) is -0.303. The Labute approximate surface area is 162 Å². The Kier molecular flexibility index (Phi) is 6.17. The Morgan fingerprint density at radius 2 is 1.96 bits per heavy atom. The lowest BCUT2D eigenvalue weighted by Gasteiger charge is -2.26. The van der Waals surface area contributed by atoms with Gasteiger partial charge in [0.05, 0.1) is 12.5 Å². The fourth-order valence-electron chi connectivity index (χ4n) is 3.16. The zero-order valence-corrected chi connectivity index (χ0v) is 15.6. The molecule has 0 saturated carbocycles. The molecule has 26 heavy (non-hydrogen) atoms. The number of hydrogen-bond donors (Lipinski definition) is 1.